The lowest BCUT2D eigenvalue weighted by atomic mass is 10.6. The number of nitrogens with zero attached hydrogens (tertiary/aromatic N) is 2. The van der Waals surface area contributed by atoms with Gasteiger partial charge in [0.15, 0.2) is 0 Å². The fraction of sp³-hybridized carbons (Fsp3) is 1.00. The average molecular weight is 176 g/mol. The van der Waals surface area contributed by atoms with Gasteiger partial charge in [0.25, 0.3) is 0 Å². The molecule has 0 fully saturated rings. The second-order valence-electron chi connectivity index (χ2n) is 3.64. The smallest absolute Gasteiger partial charge is 0.0705 e. The second-order valence-corrected chi connectivity index (χ2v) is 5.64. The van der Waals surface area contributed by atoms with E-state index in [4.69, 9.17) is 0 Å². The SMILES string of the molecule is CN(C)NC(C)([SiH3])NN(C)C. The molecule has 0 saturated heterocycles. The van der Waals surface area contributed by atoms with E-state index in [1.807, 2.05) is 38.2 Å². The van der Waals surface area contributed by atoms with Crippen LogP contribution in [0.4, 0.5) is 0 Å². The first-order chi connectivity index (χ1) is 4.83. The van der Waals surface area contributed by atoms with Crippen LogP contribution in [0.2, 0.25) is 0 Å². The summed E-state index contributed by atoms with van der Waals surface area (Å²) in [4.78, 5) is 0. The third-order valence-corrected chi connectivity index (χ3v) is 1.45. The van der Waals surface area contributed by atoms with Crippen molar-refractivity contribution in [3.8, 4) is 0 Å². The van der Waals surface area contributed by atoms with Crippen LogP contribution in [0.5, 0.6) is 0 Å². The Kier molecular flexibility index (Phi) is 4.20. The highest BCUT2D eigenvalue weighted by Gasteiger charge is 2.16. The van der Waals surface area contributed by atoms with Crippen molar-refractivity contribution in [2.45, 2.75) is 12.2 Å². The Morgan fingerprint density at radius 3 is 1.45 bits per heavy atom. The fourth-order valence-corrected chi connectivity index (χ4v) is 2.04. The summed E-state index contributed by atoms with van der Waals surface area (Å²) in [6, 6.07) is 0. The molecule has 68 valence electrons. The minimum Gasteiger partial charge on any atom is -0.249 e. The van der Waals surface area contributed by atoms with Gasteiger partial charge in [-0.25, -0.2) is 20.9 Å². The first kappa shape index (κ1) is 11.1. The number of hydrazine groups is 2. The lowest BCUT2D eigenvalue weighted by molar-refractivity contribution is 0.127. The van der Waals surface area contributed by atoms with E-state index in [0.717, 1.165) is 10.2 Å². The molecule has 0 aromatic rings. The molecule has 5 heteroatoms. The topological polar surface area (TPSA) is 30.5 Å². The molecule has 4 nitrogen and oxygen atoms in total. The van der Waals surface area contributed by atoms with Gasteiger partial charge < -0.3 is 0 Å². The molecule has 0 aromatic heterocycles. The van der Waals surface area contributed by atoms with Gasteiger partial charge in [-0.2, -0.15) is 0 Å². The van der Waals surface area contributed by atoms with Crippen LogP contribution in [0.25, 0.3) is 0 Å². The van der Waals surface area contributed by atoms with E-state index in [9.17, 15) is 0 Å². The maximum Gasteiger partial charge on any atom is 0.0705 e. The van der Waals surface area contributed by atoms with Crippen LogP contribution in [0.15, 0.2) is 0 Å². The van der Waals surface area contributed by atoms with Gasteiger partial charge in [-0.3, -0.25) is 0 Å². The zero-order chi connectivity index (χ0) is 9.07. The monoisotopic (exact) mass is 176 g/mol. The van der Waals surface area contributed by atoms with Gasteiger partial charge in [-0.15, -0.1) is 0 Å². The molecule has 2 N–H and O–H groups in total. The van der Waals surface area contributed by atoms with Crippen LogP contribution >= 0.6 is 0 Å². The van der Waals surface area contributed by atoms with Crippen molar-refractivity contribution >= 4 is 10.2 Å². The van der Waals surface area contributed by atoms with Crippen molar-refractivity contribution < 1.29 is 0 Å². The summed E-state index contributed by atoms with van der Waals surface area (Å²) in [5.74, 6) is 0. The number of hydrogen-bond donors (Lipinski definition) is 2. The first-order valence-electron chi connectivity index (χ1n) is 3.74. The Balaban J connectivity index is 3.79. The minimum absolute atomic E-state index is 0.0347. The van der Waals surface area contributed by atoms with Crippen LogP contribution in [0.3, 0.4) is 0 Å². The van der Waals surface area contributed by atoms with Gasteiger partial charge in [0.1, 0.15) is 0 Å². The zero-order valence-electron chi connectivity index (χ0n) is 8.39. The molecule has 0 heterocycles. The molecule has 0 radical (unpaired) electrons. The highest BCUT2D eigenvalue weighted by Crippen LogP contribution is 1.91. The van der Waals surface area contributed by atoms with Crippen LogP contribution in [0, 0.1) is 0 Å². The van der Waals surface area contributed by atoms with Crippen LogP contribution in [-0.4, -0.2) is 53.7 Å². The van der Waals surface area contributed by atoms with Gasteiger partial charge in [0, 0.05) is 38.4 Å². The molecule has 0 aliphatic rings. The third-order valence-electron chi connectivity index (χ3n) is 1.01. The molecule has 0 spiro atoms. The predicted molar refractivity (Wildman–Crippen MR) is 52.0 cm³/mol. The largest absolute Gasteiger partial charge is 0.249 e. The molecule has 0 bridgehead atoms. The summed E-state index contributed by atoms with van der Waals surface area (Å²) in [6.45, 7) is 2.14. The van der Waals surface area contributed by atoms with E-state index in [1.54, 1.807) is 0 Å². The lowest BCUT2D eigenvalue weighted by Crippen LogP contribution is -2.62. The van der Waals surface area contributed by atoms with E-state index in [2.05, 4.69) is 17.8 Å². The van der Waals surface area contributed by atoms with E-state index in [0.29, 0.717) is 0 Å². The Morgan fingerprint density at radius 1 is 1.00 bits per heavy atom. The number of rotatable bonds is 4. The standard InChI is InChI=1S/C6H20N4Si/c1-6(11,7-9(2)3)8-10(4)5/h7-8H,1-5,11H3. The summed E-state index contributed by atoms with van der Waals surface area (Å²) in [5.41, 5.74) is 6.59. The van der Waals surface area contributed by atoms with Crippen LogP contribution in [0.1, 0.15) is 6.92 Å². The second kappa shape index (κ2) is 4.17. The number of nitrogens with one attached hydrogen (secondary N) is 2. The fourth-order valence-electron chi connectivity index (χ4n) is 1.14. The summed E-state index contributed by atoms with van der Waals surface area (Å²) < 4.78 is 0. The molecule has 0 saturated carbocycles. The molecule has 0 atom stereocenters. The molecule has 0 amide bonds. The van der Waals surface area contributed by atoms with Crippen molar-refractivity contribution in [1.82, 2.24) is 20.9 Å². The Morgan fingerprint density at radius 2 is 1.27 bits per heavy atom. The van der Waals surface area contributed by atoms with Gasteiger partial charge >= 0.3 is 0 Å². The summed E-state index contributed by atoms with van der Waals surface area (Å²) in [6.07, 6.45) is 0. The van der Waals surface area contributed by atoms with Crippen LogP contribution in [-0.2, 0) is 0 Å². The van der Waals surface area contributed by atoms with Gasteiger partial charge in [0.05, 0.1) is 5.29 Å². The Hall–Kier alpha value is 0.0569. The molecule has 0 aliphatic heterocycles. The first-order valence-corrected chi connectivity index (χ1v) is 4.74. The predicted octanol–water partition coefficient (Wildman–Crippen LogP) is -1.84. The third kappa shape index (κ3) is 6.45. The molecule has 0 unspecified atom stereocenters. The van der Waals surface area contributed by atoms with E-state index < -0.39 is 0 Å². The molecule has 0 aromatic carbocycles. The van der Waals surface area contributed by atoms with Crippen molar-refractivity contribution in [3.05, 3.63) is 0 Å². The van der Waals surface area contributed by atoms with E-state index in [-0.39, 0.29) is 5.29 Å². The maximum absolute atomic E-state index is 3.29. The zero-order valence-corrected chi connectivity index (χ0v) is 10.4. The highest BCUT2D eigenvalue weighted by molar-refractivity contribution is 6.14. The van der Waals surface area contributed by atoms with Gasteiger partial charge in [-0.05, 0) is 6.92 Å². The molecular weight excluding hydrogens is 156 g/mol. The minimum atomic E-state index is 0.0347. The van der Waals surface area contributed by atoms with Crippen molar-refractivity contribution in [2.24, 2.45) is 0 Å². The van der Waals surface area contributed by atoms with Gasteiger partial charge in [-0.1, -0.05) is 0 Å². The van der Waals surface area contributed by atoms with Gasteiger partial charge in [0.2, 0.25) is 0 Å². The van der Waals surface area contributed by atoms with Crippen LogP contribution < -0.4 is 10.9 Å². The highest BCUT2D eigenvalue weighted by atomic mass is 28.1. The van der Waals surface area contributed by atoms with E-state index >= 15 is 0 Å². The van der Waals surface area contributed by atoms with E-state index in [1.165, 1.54) is 0 Å². The Bertz CT molecular complexity index is 101. The van der Waals surface area contributed by atoms with Crippen molar-refractivity contribution in [3.63, 3.8) is 0 Å². The summed E-state index contributed by atoms with van der Waals surface area (Å²) >= 11 is 0. The molecule has 0 rings (SSSR count). The number of hydrogen-bond acceptors (Lipinski definition) is 4. The summed E-state index contributed by atoms with van der Waals surface area (Å²) in [5, 5.41) is 3.96. The average Bonchev–Trinajstić information content (AvgIpc) is 1.53. The van der Waals surface area contributed by atoms with Crippen molar-refractivity contribution in [1.29, 1.82) is 0 Å². The molecule has 0 aliphatic carbocycles. The van der Waals surface area contributed by atoms with Crippen molar-refractivity contribution in [2.75, 3.05) is 28.2 Å². The summed E-state index contributed by atoms with van der Waals surface area (Å²) in [7, 11) is 9.01. The lowest BCUT2D eigenvalue weighted by Gasteiger charge is -2.34. The maximum atomic E-state index is 3.29. The quantitative estimate of drug-likeness (QED) is 0.299. The molecular formula is C6H20N4Si. The Labute approximate surface area is 72.3 Å². The normalized spacial score (nSPS) is 13.4. The molecule has 11 heavy (non-hydrogen) atoms.